The normalized spacial score (nSPS) is 24.0. The van der Waals surface area contributed by atoms with Gasteiger partial charge in [0.15, 0.2) is 0 Å². The lowest BCUT2D eigenvalue weighted by molar-refractivity contribution is 0.175. The lowest BCUT2D eigenvalue weighted by Gasteiger charge is -2.32. The number of piperidine rings is 1. The average molecular weight is 290 g/mol. The van der Waals surface area contributed by atoms with Gasteiger partial charge in [-0.1, -0.05) is 20.3 Å². The summed E-state index contributed by atoms with van der Waals surface area (Å²) in [6.07, 6.45) is 5.22. The van der Waals surface area contributed by atoms with Crippen LogP contribution in [0.3, 0.4) is 0 Å². The van der Waals surface area contributed by atoms with Crippen molar-refractivity contribution in [3.8, 4) is 0 Å². The Morgan fingerprint density at radius 2 is 2.00 bits per heavy atom. The molecule has 0 spiro atoms. The molecule has 0 saturated carbocycles. The third-order valence-corrected chi connectivity index (χ3v) is 4.69. The van der Waals surface area contributed by atoms with Crippen molar-refractivity contribution in [1.82, 2.24) is 14.9 Å². The Hall–Kier alpha value is -1.36. The van der Waals surface area contributed by atoms with Gasteiger partial charge >= 0.3 is 0 Å². The van der Waals surface area contributed by atoms with E-state index in [9.17, 15) is 4.79 Å². The molecule has 2 saturated heterocycles. The molecule has 5 heteroatoms. The highest BCUT2D eigenvalue weighted by molar-refractivity contribution is 5.39. The van der Waals surface area contributed by atoms with Crippen LogP contribution < -0.4 is 10.5 Å². The lowest BCUT2D eigenvalue weighted by atomic mass is 10.1. The summed E-state index contributed by atoms with van der Waals surface area (Å²) in [5.41, 5.74) is -0.0369. The monoisotopic (exact) mass is 290 g/mol. The number of anilines is 1. The van der Waals surface area contributed by atoms with Crippen LogP contribution >= 0.6 is 0 Å². The van der Waals surface area contributed by atoms with Gasteiger partial charge in [0.25, 0.3) is 5.56 Å². The van der Waals surface area contributed by atoms with Gasteiger partial charge in [-0.2, -0.15) is 0 Å². The van der Waals surface area contributed by atoms with E-state index in [1.54, 1.807) is 6.07 Å². The first kappa shape index (κ1) is 14.6. The summed E-state index contributed by atoms with van der Waals surface area (Å²) in [5, 5.41) is 0. The zero-order chi connectivity index (χ0) is 14.8. The fourth-order valence-electron chi connectivity index (χ4n) is 3.43. The Morgan fingerprint density at radius 3 is 2.71 bits per heavy atom. The van der Waals surface area contributed by atoms with Gasteiger partial charge < -0.3 is 9.88 Å². The van der Waals surface area contributed by atoms with E-state index in [1.807, 2.05) is 0 Å². The van der Waals surface area contributed by atoms with Crippen molar-refractivity contribution in [2.75, 3.05) is 31.1 Å². The number of H-pyrrole nitrogens is 1. The van der Waals surface area contributed by atoms with Gasteiger partial charge in [0.1, 0.15) is 11.6 Å². The van der Waals surface area contributed by atoms with Gasteiger partial charge in [-0.3, -0.25) is 9.69 Å². The van der Waals surface area contributed by atoms with E-state index in [0.717, 1.165) is 24.7 Å². The molecule has 1 aromatic heterocycles. The molecule has 116 valence electrons. The molecule has 1 N–H and O–H groups in total. The van der Waals surface area contributed by atoms with Crippen LogP contribution in [0.15, 0.2) is 10.9 Å². The minimum atomic E-state index is -0.0369. The summed E-state index contributed by atoms with van der Waals surface area (Å²) in [6, 6.07) is 2.28. The molecule has 0 aromatic carbocycles. The molecule has 21 heavy (non-hydrogen) atoms. The second-order valence-corrected chi connectivity index (χ2v) is 6.63. The minimum absolute atomic E-state index is 0.0369. The van der Waals surface area contributed by atoms with E-state index in [1.165, 1.54) is 38.8 Å². The second kappa shape index (κ2) is 6.18. The largest absolute Gasteiger partial charge is 0.355 e. The highest BCUT2D eigenvalue weighted by atomic mass is 16.1. The fourth-order valence-corrected chi connectivity index (χ4v) is 3.43. The molecular weight excluding hydrogens is 264 g/mol. The first-order chi connectivity index (χ1) is 10.1. The molecule has 1 aromatic rings. The molecule has 0 amide bonds. The molecule has 2 fully saturated rings. The third-order valence-electron chi connectivity index (χ3n) is 4.69. The number of aromatic nitrogens is 2. The molecule has 2 aliphatic heterocycles. The van der Waals surface area contributed by atoms with Crippen LogP contribution in [0, 0.1) is 0 Å². The maximum atomic E-state index is 11.8. The van der Waals surface area contributed by atoms with Gasteiger partial charge in [-0.25, -0.2) is 4.98 Å². The number of aromatic amines is 1. The van der Waals surface area contributed by atoms with E-state index in [2.05, 4.69) is 33.6 Å². The topological polar surface area (TPSA) is 52.2 Å². The average Bonchev–Trinajstić information content (AvgIpc) is 2.97. The van der Waals surface area contributed by atoms with Gasteiger partial charge in [0, 0.05) is 31.1 Å². The standard InChI is InChI=1S/C16H26N4O/c1-12(2)16-17-14(10-15(21)18-16)20-9-6-13(11-20)19-7-4-3-5-8-19/h10,12-13H,3-9,11H2,1-2H3,(H,17,18,21). The van der Waals surface area contributed by atoms with Crippen LogP contribution in [0.2, 0.25) is 0 Å². The van der Waals surface area contributed by atoms with Gasteiger partial charge in [0.2, 0.25) is 0 Å². The Balaban J connectivity index is 1.72. The molecule has 1 atom stereocenters. The Kier molecular flexibility index (Phi) is 4.29. The number of nitrogens with one attached hydrogen (secondary N) is 1. The second-order valence-electron chi connectivity index (χ2n) is 6.63. The number of rotatable bonds is 3. The number of likely N-dealkylation sites (tertiary alicyclic amines) is 1. The van der Waals surface area contributed by atoms with Crippen molar-refractivity contribution >= 4 is 5.82 Å². The van der Waals surface area contributed by atoms with Gasteiger partial charge in [-0.15, -0.1) is 0 Å². The summed E-state index contributed by atoms with van der Waals surface area (Å²) < 4.78 is 0. The third kappa shape index (κ3) is 3.28. The molecule has 0 aliphatic carbocycles. The van der Waals surface area contributed by atoms with Crippen LogP contribution in [-0.2, 0) is 0 Å². The number of nitrogens with zero attached hydrogens (tertiary/aromatic N) is 3. The molecule has 0 radical (unpaired) electrons. The van der Waals surface area contributed by atoms with Gasteiger partial charge in [0.05, 0.1) is 0 Å². The van der Waals surface area contributed by atoms with Gasteiger partial charge in [-0.05, 0) is 32.4 Å². The maximum absolute atomic E-state index is 11.8. The van der Waals surface area contributed by atoms with Crippen LogP contribution in [-0.4, -0.2) is 47.1 Å². The minimum Gasteiger partial charge on any atom is -0.355 e. The maximum Gasteiger partial charge on any atom is 0.252 e. The van der Waals surface area contributed by atoms with E-state index in [4.69, 9.17) is 0 Å². The SMILES string of the molecule is CC(C)c1nc(N2CCC(N3CCCCC3)C2)cc(=O)[nH]1. The highest BCUT2D eigenvalue weighted by Crippen LogP contribution is 2.23. The molecular formula is C16H26N4O. The fraction of sp³-hybridized carbons (Fsp3) is 0.750. The molecule has 3 heterocycles. The molecule has 1 unspecified atom stereocenters. The smallest absolute Gasteiger partial charge is 0.252 e. The molecule has 0 bridgehead atoms. The molecule has 2 aliphatic rings. The summed E-state index contributed by atoms with van der Waals surface area (Å²) >= 11 is 0. The number of hydrogen-bond acceptors (Lipinski definition) is 4. The highest BCUT2D eigenvalue weighted by Gasteiger charge is 2.29. The summed E-state index contributed by atoms with van der Waals surface area (Å²) in [4.78, 5) is 24.2. The Bertz CT molecular complexity index is 533. The van der Waals surface area contributed by atoms with Crippen LogP contribution in [0.25, 0.3) is 0 Å². The van der Waals surface area contributed by atoms with E-state index < -0.39 is 0 Å². The van der Waals surface area contributed by atoms with Crippen molar-refractivity contribution < 1.29 is 0 Å². The zero-order valence-corrected chi connectivity index (χ0v) is 13.1. The predicted octanol–water partition coefficient (Wildman–Crippen LogP) is 1.96. The lowest BCUT2D eigenvalue weighted by Crippen LogP contribution is -2.41. The predicted molar refractivity (Wildman–Crippen MR) is 85.0 cm³/mol. The van der Waals surface area contributed by atoms with Crippen molar-refractivity contribution in [1.29, 1.82) is 0 Å². The van der Waals surface area contributed by atoms with Crippen molar-refractivity contribution in [2.45, 2.75) is 51.5 Å². The van der Waals surface area contributed by atoms with E-state index in [-0.39, 0.29) is 11.5 Å². The summed E-state index contributed by atoms with van der Waals surface area (Å²) in [6.45, 7) is 8.60. The van der Waals surface area contributed by atoms with Crippen LogP contribution in [0.1, 0.15) is 51.3 Å². The van der Waals surface area contributed by atoms with Crippen molar-refractivity contribution in [2.24, 2.45) is 0 Å². The molecule has 5 nitrogen and oxygen atoms in total. The Labute approximate surface area is 126 Å². The van der Waals surface area contributed by atoms with Crippen LogP contribution in [0.4, 0.5) is 5.82 Å². The quantitative estimate of drug-likeness (QED) is 0.924. The molecule has 3 rings (SSSR count). The van der Waals surface area contributed by atoms with Crippen molar-refractivity contribution in [3.05, 3.63) is 22.2 Å². The van der Waals surface area contributed by atoms with E-state index >= 15 is 0 Å². The zero-order valence-electron chi connectivity index (χ0n) is 13.1. The number of hydrogen-bond donors (Lipinski definition) is 1. The van der Waals surface area contributed by atoms with E-state index in [0.29, 0.717) is 6.04 Å². The first-order valence-corrected chi connectivity index (χ1v) is 8.24. The summed E-state index contributed by atoms with van der Waals surface area (Å²) in [5.74, 6) is 1.89. The first-order valence-electron chi connectivity index (χ1n) is 8.24. The van der Waals surface area contributed by atoms with Crippen molar-refractivity contribution in [3.63, 3.8) is 0 Å². The van der Waals surface area contributed by atoms with Crippen LogP contribution in [0.5, 0.6) is 0 Å². The summed E-state index contributed by atoms with van der Waals surface area (Å²) in [7, 11) is 0. The Morgan fingerprint density at radius 1 is 1.24 bits per heavy atom.